The maximum atomic E-state index is 14.8. The van der Waals surface area contributed by atoms with Gasteiger partial charge < -0.3 is 15.1 Å². The Hall–Kier alpha value is -3.37. The molecule has 3 atom stereocenters. The monoisotopic (exact) mass is 535 g/mol. The Labute approximate surface area is 222 Å². The Morgan fingerprint density at radius 1 is 1.16 bits per heavy atom. The molecule has 1 saturated carbocycles. The van der Waals surface area contributed by atoms with E-state index in [4.69, 9.17) is 0 Å². The maximum absolute atomic E-state index is 14.8. The molecule has 2 bridgehead atoms. The molecule has 190 valence electrons. The first-order valence-corrected chi connectivity index (χ1v) is 14.0. The van der Waals surface area contributed by atoms with Crippen molar-refractivity contribution in [2.24, 2.45) is 5.92 Å². The summed E-state index contributed by atoms with van der Waals surface area (Å²) in [6.45, 7) is 0.362. The molecule has 1 N–H and O–H groups in total. The van der Waals surface area contributed by atoms with Crippen LogP contribution in [0.25, 0.3) is 20.7 Å². The van der Waals surface area contributed by atoms with Crippen molar-refractivity contribution < 1.29 is 14.0 Å². The van der Waals surface area contributed by atoms with Gasteiger partial charge in [-0.15, -0.1) is 11.3 Å². The first-order valence-electron chi connectivity index (χ1n) is 12.3. The van der Waals surface area contributed by atoms with E-state index in [1.54, 1.807) is 29.8 Å². The summed E-state index contributed by atoms with van der Waals surface area (Å²) in [6, 6.07) is 12.0. The molecule has 4 aromatic rings. The van der Waals surface area contributed by atoms with E-state index in [2.05, 4.69) is 15.3 Å². The van der Waals surface area contributed by atoms with Crippen LogP contribution in [0.2, 0.25) is 0 Å². The van der Waals surface area contributed by atoms with Crippen LogP contribution in [0, 0.1) is 11.7 Å². The highest BCUT2D eigenvalue weighted by molar-refractivity contribution is 7.19. The largest absolute Gasteiger partial charge is 0.354 e. The number of benzene rings is 2. The third-order valence-electron chi connectivity index (χ3n) is 7.37. The molecule has 10 heteroatoms. The van der Waals surface area contributed by atoms with Gasteiger partial charge in [-0.25, -0.2) is 14.4 Å². The van der Waals surface area contributed by atoms with Crippen molar-refractivity contribution in [3.05, 3.63) is 65.0 Å². The molecule has 6 rings (SSSR count). The SMILES string of the molecule is CN(C)c1nc(C(=O)N2[C@@H]3CC[C@@H](C3)[C@H]2CNC(=O)c2cccc3ncsc23)c(-c2ccccc2F)s1. The molecule has 37 heavy (non-hydrogen) atoms. The van der Waals surface area contributed by atoms with Crippen molar-refractivity contribution in [3.8, 4) is 10.4 Å². The van der Waals surface area contributed by atoms with Gasteiger partial charge in [0.25, 0.3) is 11.8 Å². The lowest BCUT2D eigenvalue weighted by Gasteiger charge is -2.35. The van der Waals surface area contributed by atoms with Gasteiger partial charge in [0, 0.05) is 32.2 Å². The number of carbonyl (C=O) groups is 2. The fourth-order valence-electron chi connectivity index (χ4n) is 5.63. The van der Waals surface area contributed by atoms with Crippen molar-refractivity contribution in [3.63, 3.8) is 0 Å². The predicted octanol–water partition coefficient (Wildman–Crippen LogP) is 5.05. The van der Waals surface area contributed by atoms with Gasteiger partial charge in [0.15, 0.2) is 5.13 Å². The van der Waals surface area contributed by atoms with Crippen LogP contribution in [0.5, 0.6) is 0 Å². The van der Waals surface area contributed by atoms with Gasteiger partial charge >= 0.3 is 0 Å². The molecule has 2 aromatic heterocycles. The lowest BCUT2D eigenvalue weighted by atomic mass is 9.98. The van der Waals surface area contributed by atoms with E-state index in [0.29, 0.717) is 33.6 Å². The number of hydrogen-bond acceptors (Lipinski definition) is 7. The summed E-state index contributed by atoms with van der Waals surface area (Å²) in [4.78, 5) is 40.4. The summed E-state index contributed by atoms with van der Waals surface area (Å²) in [7, 11) is 3.72. The molecule has 1 aliphatic carbocycles. The minimum absolute atomic E-state index is 0.0994. The highest BCUT2D eigenvalue weighted by Crippen LogP contribution is 2.44. The fraction of sp³-hybridized carbons (Fsp3) is 0.333. The number of piperidine rings is 1. The molecule has 0 spiro atoms. The number of nitrogens with one attached hydrogen (secondary N) is 1. The standard InChI is InChI=1S/C27H26FN5O2S2/c1-32(2)27-31-22(24(37-27)17-6-3-4-8-19(17)28)26(35)33-16-11-10-15(12-16)21(33)13-29-25(34)18-7-5-9-20-23(18)36-14-30-20/h3-9,14-16,21H,10-13H2,1-2H3,(H,29,34)/t15-,16+,21+/m0/s1. The molecule has 3 heterocycles. The lowest BCUT2D eigenvalue weighted by molar-refractivity contribution is 0.0578. The van der Waals surface area contributed by atoms with E-state index >= 15 is 0 Å². The molecule has 1 aliphatic heterocycles. The Morgan fingerprint density at radius 3 is 2.81 bits per heavy atom. The van der Waals surface area contributed by atoms with Crippen LogP contribution >= 0.6 is 22.7 Å². The van der Waals surface area contributed by atoms with Crippen molar-refractivity contribution in [2.75, 3.05) is 25.5 Å². The third kappa shape index (κ3) is 4.18. The Bertz CT molecular complexity index is 1500. The smallest absolute Gasteiger partial charge is 0.274 e. The number of amides is 2. The van der Waals surface area contributed by atoms with Gasteiger partial charge in [-0.3, -0.25) is 9.59 Å². The van der Waals surface area contributed by atoms with E-state index in [-0.39, 0.29) is 35.4 Å². The molecule has 0 radical (unpaired) electrons. The second kappa shape index (κ2) is 9.50. The van der Waals surface area contributed by atoms with Crippen molar-refractivity contribution in [1.82, 2.24) is 20.2 Å². The number of likely N-dealkylation sites (tertiary alicyclic amines) is 1. The predicted molar refractivity (Wildman–Crippen MR) is 145 cm³/mol. The molecule has 2 amide bonds. The summed E-state index contributed by atoms with van der Waals surface area (Å²) in [5.41, 5.74) is 3.79. The van der Waals surface area contributed by atoms with E-state index in [1.807, 2.05) is 36.0 Å². The minimum atomic E-state index is -0.380. The van der Waals surface area contributed by atoms with Gasteiger partial charge in [-0.05, 0) is 43.4 Å². The minimum Gasteiger partial charge on any atom is -0.354 e. The van der Waals surface area contributed by atoms with Gasteiger partial charge in [0.2, 0.25) is 0 Å². The Balaban J connectivity index is 1.29. The Kier molecular flexibility index (Phi) is 6.16. The number of hydrogen-bond donors (Lipinski definition) is 1. The van der Waals surface area contributed by atoms with E-state index in [9.17, 15) is 14.0 Å². The van der Waals surface area contributed by atoms with E-state index < -0.39 is 0 Å². The Morgan fingerprint density at radius 2 is 2.00 bits per heavy atom. The molecular weight excluding hydrogens is 509 g/mol. The summed E-state index contributed by atoms with van der Waals surface area (Å²) in [5.74, 6) is -0.425. The molecule has 7 nitrogen and oxygen atoms in total. The van der Waals surface area contributed by atoms with Crippen molar-refractivity contribution >= 4 is 49.8 Å². The van der Waals surface area contributed by atoms with Gasteiger partial charge in [-0.1, -0.05) is 35.6 Å². The van der Waals surface area contributed by atoms with Crippen molar-refractivity contribution in [2.45, 2.75) is 31.3 Å². The summed E-state index contributed by atoms with van der Waals surface area (Å²) in [5, 5.41) is 3.73. The highest BCUT2D eigenvalue weighted by atomic mass is 32.1. The summed E-state index contributed by atoms with van der Waals surface area (Å²) >= 11 is 2.76. The van der Waals surface area contributed by atoms with Crippen LogP contribution in [0.3, 0.4) is 0 Å². The number of nitrogens with zero attached hydrogens (tertiary/aromatic N) is 4. The van der Waals surface area contributed by atoms with Crippen LogP contribution in [0.15, 0.2) is 48.0 Å². The number of aromatic nitrogens is 2. The number of halogens is 1. The highest BCUT2D eigenvalue weighted by Gasteiger charge is 2.49. The molecule has 0 unspecified atom stereocenters. The van der Waals surface area contributed by atoms with Crippen LogP contribution in [0.1, 0.15) is 40.1 Å². The average Bonchev–Trinajstić information content (AvgIpc) is 3.69. The van der Waals surface area contributed by atoms with Crippen LogP contribution in [-0.2, 0) is 0 Å². The van der Waals surface area contributed by atoms with E-state index in [0.717, 1.165) is 29.5 Å². The second-order valence-electron chi connectivity index (χ2n) is 9.77. The summed E-state index contributed by atoms with van der Waals surface area (Å²) in [6.07, 6.45) is 2.87. The fourth-order valence-corrected chi connectivity index (χ4v) is 7.43. The van der Waals surface area contributed by atoms with Gasteiger partial charge in [-0.2, -0.15) is 0 Å². The number of carbonyl (C=O) groups excluding carboxylic acids is 2. The topological polar surface area (TPSA) is 78.4 Å². The van der Waals surface area contributed by atoms with Crippen LogP contribution in [-0.4, -0.2) is 59.4 Å². The van der Waals surface area contributed by atoms with E-state index in [1.165, 1.54) is 28.7 Å². The van der Waals surface area contributed by atoms with Gasteiger partial charge in [0.1, 0.15) is 11.5 Å². The quantitative estimate of drug-likeness (QED) is 0.374. The molecule has 1 saturated heterocycles. The third-order valence-corrected chi connectivity index (χ3v) is 9.50. The van der Waals surface area contributed by atoms with Crippen LogP contribution in [0.4, 0.5) is 9.52 Å². The zero-order chi connectivity index (χ0) is 25.7. The number of rotatable bonds is 6. The molecule has 2 fully saturated rings. The molecule has 2 aromatic carbocycles. The zero-order valence-electron chi connectivity index (χ0n) is 20.5. The first kappa shape index (κ1) is 24.0. The number of anilines is 1. The first-order chi connectivity index (χ1) is 17.9. The number of fused-ring (bicyclic) bond motifs is 3. The summed E-state index contributed by atoms with van der Waals surface area (Å²) < 4.78 is 15.6. The maximum Gasteiger partial charge on any atom is 0.274 e. The average molecular weight is 536 g/mol. The lowest BCUT2D eigenvalue weighted by Crippen LogP contribution is -2.50. The van der Waals surface area contributed by atoms with Crippen LogP contribution < -0.4 is 10.2 Å². The normalized spacial score (nSPS) is 20.5. The molecule has 2 aliphatic rings. The zero-order valence-corrected chi connectivity index (χ0v) is 22.1. The second-order valence-corrected chi connectivity index (χ2v) is 11.6. The molecular formula is C27H26FN5O2S2. The van der Waals surface area contributed by atoms with Gasteiger partial charge in [0.05, 0.1) is 32.2 Å². The number of thiazole rings is 2. The van der Waals surface area contributed by atoms with Crippen molar-refractivity contribution in [1.29, 1.82) is 0 Å².